The van der Waals surface area contributed by atoms with E-state index in [-0.39, 0.29) is 0 Å². The van der Waals surface area contributed by atoms with Crippen LogP contribution in [0.3, 0.4) is 0 Å². The Morgan fingerprint density at radius 1 is 0.800 bits per heavy atom. The molecule has 0 N–H and O–H groups in total. The summed E-state index contributed by atoms with van der Waals surface area (Å²) >= 11 is 12.4. The summed E-state index contributed by atoms with van der Waals surface area (Å²) in [7, 11) is 0. The van der Waals surface area contributed by atoms with Crippen molar-refractivity contribution in [2.75, 3.05) is 31.1 Å². The molecule has 0 unspecified atom stereocenters. The molecule has 2 aromatic carbocycles. The van der Waals surface area contributed by atoms with Crippen molar-refractivity contribution in [2.24, 2.45) is 0 Å². The zero-order chi connectivity index (χ0) is 20.5. The monoisotopic (exact) mass is 440 g/mol. The third-order valence-electron chi connectivity index (χ3n) is 6.52. The van der Waals surface area contributed by atoms with E-state index in [2.05, 4.69) is 38.9 Å². The first-order valence-corrected chi connectivity index (χ1v) is 11.5. The van der Waals surface area contributed by atoms with Crippen molar-refractivity contribution in [3.05, 3.63) is 70.8 Å². The molecule has 0 radical (unpaired) electrons. The summed E-state index contributed by atoms with van der Waals surface area (Å²) < 4.78 is 2.17. The van der Waals surface area contributed by atoms with Crippen LogP contribution in [-0.4, -0.2) is 46.9 Å². The smallest absolute Gasteiger partial charge is 0.0923 e. The van der Waals surface area contributed by atoms with Crippen molar-refractivity contribution in [3.63, 3.8) is 0 Å². The number of halogens is 2. The van der Waals surface area contributed by atoms with Gasteiger partial charge in [-0.05, 0) is 49.6 Å². The van der Waals surface area contributed by atoms with Crippen LogP contribution in [-0.2, 0) is 0 Å². The molecule has 2 atom stereocenters. The average Bonchev–Trinajstić information content (AvgIpc) is 3.45. The van der Waals surface area contributed by atoms with E-state index >= 15 is 0 Å². The summed E-state index contributed by atoms with van der Waals surface area (Å²) in [5, 5.41) is 6.47. The molecule has 1 saturated heterocycles. The molecule has 2 heterocycles. The predicted octanol–water partition coefficient (Wildman–Crippen LogP) is 5.77. The van der Waals surface area contributed by atoms with E-state index in [1.54, 1.807) is 0 Å². The first-order chi connectivity index (χ1) is 14.7. The van der Waals surface area contributed by atoms with Crippen LogP contribution < -0.4 is 4.90 Å². The summed E-state index contributed by atoms with van der Waals surface area (Å²) in [6.45, 7) is 4.26. The highest BCUT2D eigenvalue weighted by molar-refractivity contribution is 6.33. The molecule has 4 nitrogen and oxygen atoms in total. The summed E-state index contributed by atoms with van der Waals surface area (Å²) in [4.78, 5) is 5.08. The second kappa shape index (κ2) is 8.62. The topological polar surface area (TPSA) is 24.3 Å². The number of aromatic nitrogens is 2. The molecule has 0 bridgehead atoms. The molecule has 3 aromatic rings. The molecular formula is C24H26Cl2N4. The second-order valence-electron chi connectivity index (χ2n) is 8.28. The fourth-order valence-electron chi connectivity index (χ4n) is 4.86. The van der Waals surface area contributed by atoms with Crippen molar-refractivity contribution < 1.29 is 0 Å². The lowest BCUT2D eigenvalue weighted by molar-refractivity contribution is 0.183. The van der Waals surface area contributed by atoms with E-state index in [0.29, 0.717) is 12.1 Å². The maximum atomic E-state index is 6.39. The van der Waals surface area contributed by atoms with Gasteiger partial charge in [0.05, 0.1) is 22.4 Å². The Labute approximate surface area is 188 Å². The molecule has 5 rings (SSSR count). The molecule has 6 heteroatoms. The minimum atomic E-state index is 0.484. The van der Waals surface area contributed by atoms with Crippen molar-refractivity contribution in [1.29, 1.82) is 0 Å². The molecular weight excluding hydrogens is 415 g/mol. The van der Waals surface area contributed by atoms with Crippen molar-refractivity contribution >= 4 is 28.9 Å². The number of anilines is 1. The zero-order valence-electron chi connectivity index (χ0n) is 16.9. The van der Waals surface area contributed by atoms with E-state index in [1.165, 1.54) is 19.3 Å². The highest BCUT2D eigenvalue weighted by Gasteiger charge is 2.32. The fourth-order valence-corrected chi connectivity index (χ4v) is 5.24. The van der Waals surface area contributed by atoms with Gasteiger partial charge in [-0.2, -0.15) is 5.10 Å². The fraction of sp³-hybridized carbons (Fsp3) is 0.375. The van der Waals surface area contributed by atoms with Gasteiger partial charge in [0.15, 0.2) is 0 Å². The number of para-hydroxylation sites is 1. The van der Waals surface area contributed by atoms with E-state index in [1.807, 2.05) is 36.4 Å². The van der Waals surface area contributed by atoms with Crippen LogP contribution in [0.25, 0.3) is 11.3 Å². The highest BCUT2D eigenvalue weighted by atomic mass is 35.5. The van der Waals surface area contributed by atoms with E-state index in [0.717, 1.165) is 53.2 Å². The Kier molecular flexibility index (Phi) is 5.72. The van der Waals surface area contributed by atoms with Gasteiger partial charge >= 0.3 is 0 Å². The van der Waals surface area contributed by atoms with Crippen LogP contribution in [0.15, 0.2) is 60.8 Å². The standard InChI is InChI=1S/C24H26Cl2N4/c25-19-7-5-18(6-8-19)23-11-12-30(27-23)21-10-9-20(17-21)28-13-15-29(16-14-28)24-4-2-1-3-22(24)26/h1-8,11-12,20-21H,9-10,13-17H2/t20-,21+/m0/s1. The number of nitrogens with zero attached hydrogens (tertiary/aromatic N) is 4. The second-order valence-corrected chi connectivity index (χ2v) is 9.13. The molecule has 30 heavy (non-hydrogen) atoms. The minimum Gasteiger partial charge on any atom is -0.368 e. The lowest BCUT2D eigenvalue weighted by Crippen LogP contribution is -2.49. The first kappa shape index (κ1) is 19.9. The van der Waals surface area contributed by atoms with Crippen LogP contribution in [0, 0.1) is 0 Å². The minimum absolute atomic E-state index is 0.484. The zero-order valence-corrected chi connectivity index (χ0v) is 18.4. The van der Waals surface area contributed by atoms with Crippen LogP contribution >= 0.6 is 23.2 Å². The largest absolute Gasteiger partial charge is 0.368 e. The predicted molar refractivity (Wildman–Crippen MR) is 125 cm³/mol. The van der Waals surface area contributed by atoms with E-state index in [9.17, 15) is 0 Å². The number of hydrogen-bond acceptors (Lipinski definition) is 3. The van der Waals surface area contributed by atoms with Crippen LogP contribution in [0.4, 0.5) is 5.69 Å². The summed E-state index contributed by atoms with van der Waals surface area (Å²) in [6, 6.07) is 19.3. The lowest BCUT2D eigenvalue weighted by atomic mass is 10.1. The van der Waals surface area contributed by atoms with Crippen LogP contribution in [0.1, 0.15) is 25.3 Å². The third-order valence-corrected chi connectivity index (χ3v) is 7.10. The molecule has 0 spiro atoms. The Morgan fingerprint density at radius 2 is 1.53 bits per heavy atom. The Morgan fingerprint density at radius 3 is 2.30 bits per heavy atom. The number of benzene rings is 2. The summed E-state index contributed by atoms with van der Waals surface area (Å²) in [5.41, 5.74) is 3.29. The van der Waals surface area contributed by atoms with Crippen LogP contribution in [0.2, 0.25) is 10.0 Å². The summed E-state index contributed by atoms with van der Waals surface area (Å²) in [5.74, 6) is 0. The SMILES string of the molecule is Clc1ccc(-c2ccn([C@@H]3CC[C@H](N4CCN(c5ccccc5Cl)CC4)C3)n2)cc1. The van der Waals surface area contributed by atoms with Gasteiger partial charge in [0.2, 0.25) is 0 Å². The normalized spacial score (nSPS) is 22.5. The Balaban J connectivity index is 1.19. The maximum Gasteiger partial charge on any atom is 0.0923 e. The number of rotatable bonds is 4. The Hall–Kier alpha value is -2.01. The van der Waals surface area contributed by atoms with Gasteiger partial charge in [-0.15, -0.1) is 0 Å². The van der Waals surface area contributed by atoms with Crippen molar-refractivity contribution in [3.8, 4) is 11.3 Å². The third kappa shape index (κ3) is 4.09. The molecule has 1 aliphatic carbocycles. The molecule has 1 aromatic heterocycles. The Bertz CT molecular complexity index is 992. The molecule has 1 saturated carbocycles. The van der Waals surface area contributed by atoms with Gasteiger partial charge in [0, 0.05) is 49.0 Å². The van der Waals surface area contributed by atoms with E-state index < -0.39 is 0 Å². The van der Waals surface area contributed by atoms with Gasteiger partial charge in [-0.25, -0.2) is 0 Å². The average molecular weight is 441 g/mol. The number of hydrogen-bond donors (Lipinski definition) is 0. The van der Waals surface area contributed by atoms with Crippen LogP contribution in [0.5, 0.6) is 0 Å². The molecule has 2 aliphatic rings. The number of piperazine rings is 1. The van der Waals surface area contributed by atoms with Gasteiger partial charge in [-0.1, -0.05) is 47.5 Å². The molecule has 156 valence electrons. The highest BCUT2D eigenvalue weighted by Crippen LogP contribution is 2.35. The van der Waals surface area contributed by atoms with Gasteiger partial charge in [0.25, 0.3) is 0 Å². The molecule has 0 amide bonds. The quantitative estimate of drug-likeness (QED) is 0.514. The van der Waals surface area contributed by atoms with E-state index in [4.69, 9.17) is 28.3 Å². The van der Waals surface area contributed by atoms with Gasteiger partial charge in [0.1, 0.15) is 0 Å². The maximum absolute atomic E-state index is 6.39. The van der Waals surface area contributed by atoms with Crippen molar-refractivity contribution in [2.45, 2.75) is 31.3 Å². The van der Waals surface area contributed by atoms with Gasteiger partial charge < -0.3 is 4.90 Å². The van der Waals surface area contributed by atoms with Crippen molar-refractivity contribution in [1.82, 2.24) is 14.7 Å². The first-order valence-electron chi connectivity index (χ1n) is 10.7. The lowest BCUT2D eigenvalue weighted by Gasteiger charge is -2.39. The summed E-state index contributed by atoms with van der Waals surface area (Å²) in [6.07, 6.45) is 5.74. The molecule has 2 fully saturated rings. The molecule has 1 aliphatic heterocycles. The van der Waals surface area contributed by atoms with Gasteiger partial charge in [-0.3, -0.25) is 9.58 Å².